The Balaban J connectivity index is 1.72. The molecule has 1 aliphatic rings. The van der Waals surface area contributed by atoms with Crippen LogP contribution < -0.4 is 5.43 Å². The molecule has 174 valence electrons. The van der Waals surface area contributed by atoms with Crippen molar-refractivity contribution in [3.63, 3.8) is 0 Å². The van der Waals surface area contributed by atoms with Gasteiger partial charge in [0, 0.05) is 45.9 Å². The number of halogens is 1. The van der Waals surface area contributed by atoms with E-state index in [-0.39, 0.29) is 11.5 Å². The number of fused-ring (bicyclic) bond motifs is 4. The molecule has 0 atom stereocenters. The molecule has 5 aromatic rings. The van der Waals surface area contributed by atoms with E-state index in [0.29, 0.717) is 21.9 Å². The number of hydrogen-bond donors (Lipinski definition) is 1. The molecular weight excluding hydrogens is 465 g/mol. The number of nitrogens with one attached hydrogen (secondary N) is 1. The van der Waals surface area contributed by atoms with Gasteiger partial charge in [0.05, 0.1) is 10.9 Å². The molecule has 0 bridgehead atoms. The van der Waals surface area contributed by atoms with Gasteiger partial charge in [0.25, 0.3) is 0 Å². The Morgan fingerprint density at radius 2 is 1.94 bits per heavy atom. The van der Waals surface area contributed by atoms with Gasteiger partial charge in [0.15, 0.2) is 5.43 Å². The summed E-state index contributed by atoms with van der Waals surface area (Å²) in [6, 6.07) is 10.8. The van der Waals surface area contributed by atoms with Gasteiger partial charge in [-0.3, -0.25) is 9.78 Å². The molecule has 3 aromatic heterocycles. The number of aromatic nitrogens is 3. The first-order chi connectivity index (χ1) is 16.8. The Morgan fingerprint density at radius 3 is 2.63 bits per heavy atom. The Kier molecular flexibility index (Phi) is 4.63. The van der Waals surface area contributed by atoms with E-state index in [1.165, 1.54) is 12.3 Å². The van der Waals surface area contributed by atoms with Crippen LogP contribution in [0.4, 0.5) is 3.89 Å². The third kappa shape index (κ3) is 3.27. The van der Waals surface area contributed by atoms with E-state index in [1.54, 1.807) is 0 Å². The molecule has 3 heterocycles. The second kappa shape index (κ2) is 7.52. The zero-order chi connectivity index (χ0) is 24.5. The number of hydrogen-bond acceptors (Lipinski definition) is 4. The molecule has 6 rings (SSSR count). The molecule has 1 fully saturated rings. The summed E-state index contributed by atoms with van der Waals surface area (Å²) < 4.78 is 38.7. The Morgan fingerprint density at radius 1 is 1.14 bits per heavy atom. The van der Waals surface area contributed by atoms with Gasteiger partial charge in [0.2, 0.25) is 0 Å². The van der Waals surface area contributed by atoms with E-state index < -0.39 is 15.1 Å². The quantitative estimate of drug-likeness (QED) is 0.275. The minimum absolute atomic E-state index is 0.0851. The first-order valence-corrected chi connectivity index (χ1v) is 12.7. The number of aryl methyl sites for hydroxylation is 1. The van der Waals surface area contributed by atoms with Crippen molar-refractivity contribution in [3.8, 4) is 23.5 Å². The predicted molar refractivity (Wildman–Crippen MR) is 135 cm³/mol. The highest BCUT2D eigenvalue weighted by Gasteiger charge is 2.26. The molecule has 35 heavy (non-hydrogen) atoms. The molecule has 0 unspecified atom stereocenters. The van der Waals surface area contributed by atoms with Gasteiger partial charge in [0.1, 0.15) is 10.5 Å². The maximum Gasteiger partial charge on any atom is 0.333 e. The van der Waals surface area contributed by atoms with Gasteiger partial charge in [-0.15, -0.1) is 10.3 Å². The summed E-state index contributed by atoms with van der Waals surface area (Å²) in [5.41, 5.74) is 4.84. The lowest BCUT2D eigenvalue weighted by molar-refractivity contribution is 0.327. The van der Waals surface area contributed by atoms with Crippen molar-refractivity contribution in [1.82, 2.24) is 14.5 Å². The van der Waals surface area contributed by atoms with Gasteiger partial charge < -0.3 is 9.55 Å². The maximum atomic E-state index is 13.8. The molecule has 0 radical (unpaired) electrons. The van der Waals surface area contributed by atoms with E-state index in [4.69, 9.17) is 6.42 Å². The van der Waals surface area contributed by atoms with Gasteiger partial charge >= 0.3 is 10.2 Å². The number of benzene rings is 2. The lowest BCUT2D eigenvalue weighted by atomic mass is 9.91. The van der Waals surface area contributed by atoms with Gasteiger partial charge in [-0.2, -0.15) is 8.42 Å². The highest BCUT2D eigenvalue weighted by Crippen LogP contribution is 2.39. The van der Waals surface area contributed by atoms with Crippen LogP contribution in [0.1, 0.15) is 36.4 Å². The number of pyridine rings is 2. The molecular formula is C27H20FN3O3S. The van der Waals surface area contributed by atoms with Crippen molar-refractivity contribution in [3.05, 3.63) is 70.1 Å². The molecule has 0 aliphatic heterocycles. The number of terminal acetylenes is 1. The fourth-order valence-corrected chi connectivity index (χ4v) is 5.51. The minimum Gasteiger partial charge on any atom is -0.340 e. The summed E-state index contributed by atoms with van der Waals surface area (Å²) in [5.74, 6) is 2.64. The molecule has 8 heteroatoms. The molecule has 6 nitrogen and oxygen atoms in total. The standard InChI is InChI=1S/C27H20FN3O3S/c1-3-16-7-8-20-23(10-16)30-27-25(20)26(32)22-9-15(2)21(12-24(22)31(27)18-5-4-6-18)17-11-19(14-29-13-17)35(28,33)34/h1,7-14,18,30H,4-6H2,2H3. The topological polar surface area (TPSA) is 84.8 Å². The second-order valence-corrected chi connectivity index (χ2v) is 10.4. The van der Waals surface area contributed by atoms with Crippen LogP contribution in [0, 0.1) is 19.3 Å². The zero-order valence-corrected chi connectivity index (χ0v) is 19.6. The summed E-state index contributed by atoms with van der Waals surface area (Å²) in [5, 5.41) is 2.03. The van der Waals surface area contributed by atoms with Crippen molar-refractivity contribution in [2.24, 2.45) is 0 Å². The van der Waals surface area contributed by atoms with Crippen molar-refractivity contribution in [1.29, 1.82) is 0 Å². The van der Waals surface area contributed by atoms with Crippen LogP contribution in [0.15, 0.2) is 58.5 Å². The van der Waals surface area contributed by atoms with Gasteiger partial charge in [-0.25, -0.2) is 0 Å². The Hall–Kier alpha value is -3.96. The molecule has 2 aromatic carbocycles. The molecule has 1 saturated carbocycles. The summed E-state index contributed by atoms with van der Waals surface area (Å²) in [6.45, 7) is 1.84. The highest BCUT2D eigenvalue weighted by molar-refractivity contribution is 7.86. The van der Waals surface area contributed by atoms with Crippen LogP contribution in [-0.2, 0) is 10.2 Å². The number of H-pyrrole nitrogens is 1. The predicted octanol–water partition coefficient (Wildman–Crippen LogP) is 5.37. The Bertz CT molecular complexity index is 1910. The lowest BCUT2D eigenvalue weighted by Crippen LogP contribution is -2.21. The smallest absolute Gasteiger partial charge is 0.333 e. The second-order valence-electron chi connectivity index (χ2n) is 9.07. The first kappa shape index (κ1) is 21.6. The summed E-state index contributed by atoms with van der Waals surface area (Å²) in [7, 11) is -4.90. The molecule has 1 N–H and O–H groups in total. The number of rotatable bonds is 3. The fraction of sp³-hybridized carbons (Fsp3) is 0.185. The SMILES string of the molecule is C#Cc1ccc2c(c1)[nH]c1c2c(=O)c2cc(C)c(-c3cncc(S(=O)(=O)F)c3)cc2n1C1CCC1. The van der Waals surface area contributed by atoms with E-state index in [9.17, 15) is 17.1 Å². The third-order valence-electron chi connectivity index (χ3n) is 7.01. The van der Waals surface area contributed by atoms with Gasteiger partial charge in [-0.1, -0.05) is 12.0 Å². The zero-order valence-electron chi connectivity index (χ0n) is 18.8. The van der Waals surface area contributed by atoms with Gasteiger partial charge in [-0.05, 0) is 67.6 Å². The summed E-state index contributed by atoms with van der Waals surface area (Å²) in [6.07, 6.45) is 11.1. The summed E-state index contributed by atoms with van der Waals surface area (Å²) >= 11 is 0. The van der Waals surface area contributed by atoms with Crippen LogP contribution in [0.3, 0.4) is 0 Å². The molecule has 0 amide bonds. The van der Waals surface area contributed by atoms with Crippen LogP contribution in [0.2, 0.25) is 0 Å². The normalized spacial score (nSPS) is 14.4. The van der Waals surface area contributed by atoms with Crippen LogP contribution in [0.5, 0.6) is 0 Å². The molecule has 0 saturated heterocycles. The lowest BCUT2D eigenvalue weighted by Gasteiger charge is -2.31. The first-order valence-electron chi connectivity index (χ1n) is 11.3. The molecule has 1 aliphatic carbocycles. The third-order valence-corrected chi connectivity index (χ3v) is 7.79. The van der Waals surface area contributed by atoms with Crippen molar-refractivity contribution in [2.75, 3.05) is 0 Å². The van der Waals surface area contributed by atoms with E-state index in [2.05, 4.69) is 20.5 Å². The van der Waals surface area contributed by atoms with E-state index >= 15 is 0 Å². The highest BCUT2D eigenvalue weighted by atomic mass is 32.3. The minimum atomic E-state index is -4.90. The largest absolute Gasteiger partial charge is 0.340 e. The monoisotopic (exact) mass is 485 g/mol. The van der Waals surface area contributed by atoms with Crippen molar-refractivity contribution >= 4 is 43.1 Å². The fourth-order valence-electron chi connectivity index (χ4n) is 5.05. The van der Waals surface area contributed by atoms with Crippen LogP contribution in [0.25, 0.3) is 44.0 Å². The number of nitrogens with zero attached hydrogens (tertiary/aromatic N) is 2. The number of aromatic amines is 1. The average Bonchev–Trinajstić information content (AvgIpc) is 3.18. The van der Waals surface area contributed by atoms with Crippen molar-refractivity contribution in [2.45, 2.75) is 37.1 Å². The van der Waals surface area contributed by atoms with E-state index in [1.807, 2.05) is 37.3 Å². The van der Waals surface area contributed by atoms with E-state index in [0.717, 1.165) is 58.7 Å². The summed E-state index contributed by atoms with van der Waals surface area (Å²) in [4.78, 5) is 20.6. The Labute approximate surface area is 200 Å². The molecule has 0 spiro atoms. The average molecular weight is 486 g/mol. The van der Waals surface area contributed by atoms with Crippen molar-refractivity contribution < 1.29 is 12.3 Å². The maximum absolute atomic E-state index is 13.8. The van der Waals surface area contributed by atoms with Crippen LogP contribution >= 0.6 is 0 Å². The van der Waals surface area contributed by atoms with Crippen LogP contribution in [-0.4, -0.2) is 23.0 Å².